The first-order chi connectivity index (χ1) is 15.0. The molecule has 3 rings (SSSR count). The lowest BCUT2D eigenvalue weighted by molar-refractivity contribution is 0.0944. The van der Waals surface area contributed by atoms with Gasteiger partial charge in [-0.25, -0.2) is 4.63 Å². The Hall–Kier alpha value is -3.30. The number of anilines is 1. The van der Waals surface area contributed by atoms with Crippen LogP contribution in [0.25, 0.3) is 0 Å². The Morgan fingerprint density at radius 2 is 1.97 bits per heavy atom. The summed E-state index contributed by atoms with van der Waals surface area (Å²) in [5.41, 5.74) is 8.55. The largest absolute Gasteiger partial charge is 0.493 e. The molecule has 1 aromatic heterocycles. The molecule has 0 unspecified atom stereocenters. The first-order valence-corrected chi connectivity index (χ1v) is 9.98. The summed E-state index contributed by atoms with van der Waals surface area (Å²) in [5.74, 6) is 0.673. The fraction of sp³-hybridized carbons (Fsp3) is 0.286. The monoisotopic (exact) mass is 445 g/mol. The standard InChI is InChI=1S/C21H24ClN5O4/c1-13-5-3-4-6-14(13)12-30-18-10-16(22)15(9-17(18)29-2)11-24-7-8-25-21(28)19-20(23)27-31-26-19/h3-6,9-10,24H,7-8,11-12H2,1-2H3,(H2,23,27)(H,25,28). The van der Waals surface area contributed by atoms with Crippen molar-refractivity contribution in [1.29, 1.82) is 0 Å². The van der Waals surface area contributed by atoms with Crippen LogP contribution in [0.5, 0.6) is 11.5 Å². The zero-order valence-corrected chi connectivity index (χ0v) is 18.0. The number of nitrogens with zero attached hydrogens (tertiary/aromatic N) is 2. The number of hydrogen-bond donors (Lipinski definition) is 3. The maximum absolute atomic E-state index is 11.9. The molecule has 0 spiro atoms. The highest BCUT2D eigenvalue weighted by Crippen LogP contribution is 2.34. The third-order valence-corrected chi connectivity index (χ3v) is 4.96. The Labute approximate surface area is 184 Å². The molecule has 0 radical (unpaired) electrons. The first kappa shape index (κ1) is 22.4. The number of hydrogen-bond acceptors (Lipinski definition) is 8. The van der Waals surface area contributed by atoms with E-state index >= 15 is 0 Å². The predicted octanol–water partition coefficient (Wildman–Crippen LogP) is 2.72. The number of nitrogens with one attached hydrogen (secondary N) is 2. The van der Waals surface area contributed by atoms with Gasteiger partial charge in [0.05, 0.1) is 7.11 Å². The van der Waals surface area contributed by atoms with Crippen LogP contribution in [0.15, 0.2) is 41.0 Å². The zero-order chi connectivity index (χ0) is 22.2. The number of benzene rings is 2. The summed E-state index contributed by atoms with van der Waals surface area (Å²) in [6.45, 7) is 3.80. The maximum atomic E-state index is 11.9. The minimum Gasteiger partial charge on any atom is -0.493 e. The second kappa shape index (κ2) is 10.6. The first-order valence-electron chi connectivity index (χ1n) is 9.60. The fourth-order valence-corrected chi connectivity index (χ4v) is 3.06. The van der Waals surface area contributed by atoms with Crippen LogP contribution in [-0.2, 0) is 13.2 Å². The number of rotatable bonds is 10. The van der Waals surface area contributed by atoms with Crippen LogP contribution in [0.3, 0.4) is 0 Å². The molecule has 0 bridgehead atoms. The van der Waals surface area contributed by atoms with Gasteiger partial charge in [0.15, 0.2) is 11.5 Å². The van der Waals surface area contributed by atoms with Crippen LogP contribution in [0.1, 0.15) is 27.2 Å². The number of nitrogen functional groups attached to an aromatic ring is 1. The quantitative estimate of drug-likeness (QED) is 0.407. The van der Waals surface area contributed by atoms with E-state index in [2.05, 4.69) is 25.6 Å². The summed E-state index contributed by atoms with van der Waals surface area (Å²) >= 11 is 6.43. The predicted molar refractivity (Wildman–Crippen MR) is 116 cm³/mol. The van der Waals surface area contributed by atoms with Crippen molar-refractivity contribution in [3.63, 3.8) is 0 Å². The Morgan fingerprint density at radius 1 is 1.16 bits per heavy atom. The van der Waals surface area contributed by atoms with Crippen LogP contribution in [0, 0.1) is 6.92 Å². The second-order valence-corrected chi connectivity index (χ2v) is 7.15. The smallest absolute Gasteiger partial charge is 0.277 e. The lowest BCUT2D eigenvalue weighted by Gasteiger charge is -2.15. The minimum absolute atomic E-state index is 0.0333. The molecule has 0 atom stereocenters. The number of nitrogens with two attached hydrogens (primary N) is 1. The van der Waals surface area contributed by atoms with Crippen molar-refractivity contribution in [3.8, 4) is 11.5 Å². The van der Waals surface area contributed by atoms with Gasteiger partial charge in [0.1, 0.15) is 6.61 Å². The highest BCUT2D eigenvalue weighted by atomic mass is 35.5. The van der Waals surface area contributed by atoms with Gasteiger partial charge in [-0.15, -0.1) is 0 Å². The number of ether oxygens (including phenoxy) is 2. The van der Waals surface area contributed by atoms with Gasteiger partial charge in [-0.05, 0) is 40.0 Å². The molecule has 0 saturated heterocycles. The summed E-state index contributed by atoms with van der Waals surface area (Å²) < 4.78 is 15.8. The Balaban J connectivity index is 1.51. The Kier molecular flexibility index (Phi) is 7.69. The second-order valence-electron chi connectivity index (χ2n) is 6.74. The fourth-order valence-electron chi connectivity index (χ4n) is 2.84. The van der Waals surface area contributed by atoms with Crippen molar-refractivity contribution in [1.82, 2.24) is 20.9 Å². The van der Waals surface area contributed by atoms with Crippen molar-refractivity contribution < 1.29 is 18.9 Å². The van der Waals surface area contributed by atoms with E-state index < -0.39 is 5.91 Å². The van der Waals surface area contributed by atoms with Gasteiger partial charge in [-0.3, -0.25) is 4.79 Å². The van der Waals surface area contributed by atoms with Gasteiger partial charge in [0.2, 0.25) is 11.5 Å². The number of carbonyl (C=O) groups excluding carboxylic acids is 1. The van der Waals surface area contributed by atoms with Gasteiger partial charge in [-0.2, -0.15) is 0 Å². The Bertz CT molecular complexity index is 1040. The van der Waals surface area contributed by atoms with E-state index in [9.17, 15) is 4.79 Å². The molecule has 9 nitrogen and oxygen atoms in total. The minimum atomic E-state index is -0.449. The van der Waals surface area contributed by atoms with E-state index in [0.29, 0.717) is 42.8 Å². The topological polar surface area (TPSA) is 125 Å². The molecule has 0 aliphatic heterocycles. The van der Waals surface area contributed by atoms with Crippen LogP contribution in [-0.4, -0.2) is 36.4 Å². The summed E-state index contributed by atoms with van der Waals surface area (Å²) in [4.78, 5) is 11.9. The molecular formula is C21H24ClN5O4. The third kappa shape index (κ3) is 5.87. The summed E-state index contributed by atoms with van der Waals surface area (Å²) in [7, 11) is 1.58. The molecule has 2 aromatic carbocycles. The van der Waals surface area contributed by atoms with E-state index in [1.807, 2.05) is 37.3 Å². The van der Waals surface area contributed by atoms with Gasteiger partial charge in [-0.1, -0.05) is 35.9 Å². The lowest BCUT2D eigenvalue weighted by Crippen LogP contribution is -2.32. The highest BCUT2D eigenvalue weighted by Gasteiger charge is 2.15. The van der Waals surface area contributed by atoms with Crippen LogP contribution in [0.4, 0.5) is 5.82 Å². The molecule has 0 fully saturated rings. The number of aromatic nitrogens is 2. The van der Waals surface area contributed by atoms with Crippen molar-refractivity contribution in [2.24, 2.45) is 0 Å². The number of amides is 1. The van der Waals surface area contributed by atoms with Crippen molar-refractivity contribution in [2.75, 3.05) is 25.9 Å². The van der Waals surface area contributed by atoms with Crippen LogP contribution < -0.4 is 25.8 Å². The normalized spacial score (nSPS) is 10.7. The molecule has 0 aliphatic carbocycles. The summed E-state index contributed by atoms with van der Waals surface area (Å²) in [6, 6.07) is 11.6. The molecule has 10 heteroatoms. The number of methoxy groups -OCH3 is 1. The lowest BCUT2D eigenvalue weighted by atomic mass is 10.1. The van der Waals surface area contributed by atoms with Crippen molar-refractivity contribution in [3.05, 3.63) is 63.8 Å². The van der Waals surface area contributed by atoms with Crippen LogP contribution >= 0.6 is 11.6 Å². The van der Waals surface area contributed by atoms with E-state index in [0.717, 1.165) is 16.7 Å². The number of aryl methyl sites for hydroxylation is 1. The van der Waals surface area contributed by atoms with Crippen molar-refractivity contribution >= 4 is 23.3 Å². The zero-order valence-electron chi connectivity index (χ0n) is 17.3. The van der Waals surface area contributed by atoms with Gasteiger partial charge in [0.25, 0.3) is 5.91 Å². The SMILES string of the molecule is COc1cc(CNCCNC(=O)c2nonc2N)c(Cl)cc1OCc1ccccc1C. The van der Waals surface area contributed by atoms with E-state index in [1.54, 1.807) is 13.2 Å². The van der Waals surface area contributed by atoms with Crippen molar-refractivity contribution in [2.45, 2.75) is 20.1 Å². The van der Waals surface area contributed by atoms with E-state index in [-0.39, 0.29) is 11.5 Å². The molecule has 164 valence electrons. The molecule has 3 aromatic rings. The molecule has 1 heterocycles. The Morgan fingerprint density at radius 3 is 2.68 bits per heavy atom. The van der Waals surface area contributed by atoms with E-state index in [1.165, 1.54) is 0 Å². The van der Waals surface area contributed by atoms with E-state index in [4.69, 9.17) is 26.8 Å². The molecule has 1 amide bonds. The molecule has 0 saturated carbocycles. The number of halogens is 1. The summed E-state index contributed by atoms with van der Waals surface area (Å²) in [5, 5.41) is 13.3. The number of carbonyl (C=O) groups is 1. The molecular weight excluding hydrogens is 422 g/mol. The average Bonchev–Trinajstić information content (AvgIpc) is 3.19. The van der Waals surface area contributed by atoms with Gasteiger partial charge < -0.3 is 25.8 Å². The average molecular weight is 446 g/mol. The molecule has 31 heavy (non-hydrogen) atoms. The molecule has 4 N–H and O–H groups in total. The summed E-state index contributed by atoms with van der Waals surface area (Å²) in [6.07, 6.45) is 0. The molecule has 0 aliphatic rings. The van der Waals surface area contributed by atoms with Crippen LogP contribution in [0.2, 0.25) is 5.02 Å². The maximum Gasteiger partial charge on any atom is 0.277 e. The van der Waals surface area contributed by atoms with Gasteiger partial charge in [0, 0.05) is 30.7 Å². The highest BCUT2D eigenvalue weighted by molar-refractivity contribution is 6.31. The van der Waals surface area contributed by atoms with Gasteiger partial charge >= 0.3 is 0 Å². The third-order valence-electron chi connectivity index (χ3n) is 4.61.